The number of rotatable bonds is 7. The van der Waals surface area contributed by atoms with Gasteiger partial charge < -0.3 is 15.4 Å². The lowest BCUT2D eigenvalue weighted by molar-refractivity contribution is 0.0526. The second-order valence-electron chi connectivity index (χ2n) is 6.32. The molecule has 1 aromatic heterocycles. The second kappa shape index (κ2) is 9.45. The molecule has 1 unspecified atom stereocenters. The van der Waals surface area contributed by atoms with Crippen LogP contribution in [0.1, 0.15) is 46.3 Å². The van der Waals surface area contributed by atoms with Crippen molar-refractivity contribution >= 4 is 23.4 Å². The highest BCUT2D eigenvalue weighted by atomic mass is 16.5. The lowest BCUT2D eigenvalue weighted by Crippen LogP contribution is -2.27. The summed E-state index contributed by atoms with van der Waals surface area (Å²) in [5.41, 5.74) is 2.46. The molecule has 7 heteroatoms. The van der Waals surface area contributed by atoms with Gasteiger partial charge in [-0.3, -0.25) is 4.79 Å². The Morgan fingerprint density at radius 2 is 1.76 bits per heavy atom. The number of hydrogen-bond donors (Lipinski definition) is 2. The van der Waals surface area contributed by atoms with E-state index in [0.29, 0.717) is 18.0 Å². The van der Waals surface area contributed by atoms with Crippen LogP contribution in [-0.2, 0) is 4.74 Å². The maximum Gasteiger partial charge on any atom is 0.338 e. The van der Waals surface area contributed by atoms with E-state index in [9.17, 15) is 9.59 Å². The third kappa shape index (κ3) is 5.38. The van der Waals surface area contributed by atoms with Crippen LogP contribution in [0.4, 0.5) is 11.5 Å². The largest absolute Gasteiger partial charge is 0.462 e. The molecule has 0 aliphatic carbocycles. The Bertz CT molecular complexity index is 975. The monoisotopic (exact) mass is 390 g/mol. The van der Waals surface area contributed by atoms with Gasteiger partial charge in [0.2, 0.25) is 0 Å². The van der Waals surface area contributed by atoms with Crippen LogP contribution in [-0.4, -0.2) is 28.5 Å². The van der Waals surface area contributed by atoms with E-state index in [0.717, 1.165) is 11.3 Å². The molecule has 0 aliphatic heterocycles. The number of carbonyl (C=O) groups excluding carboxylic acids is 2. The van der Waals surface area contributed by atoms with Gasteiger partial charge in [0.1, 0.15) is 17.8 Å². The molecule has 0 radical (unpaired) electrons. The van der Waals surface area contributed by atoms with E-state index < -0.39 is 0 Å². The number of hydrogen-bond acceptors (Lipinski definition) is 6. The molecule has 29 heavy (non-hydrogen) atoms. The van der Waals surface area contributed by atoms with Gasteiger partial charge in [-0.15, -0.1) is 0 Å². The highest BCUT2D eigenvalue weighted by Crippen LogP contribution is 2.17. The van der Waals surface area contributed by atoms with Crippen molar-refractivity contribution in [1.82, 2.24) is 15.3 Å². The van der Waals surface area contributed by atoms with E-state index >= 15 is 0 Å². The average molecular weight is 390 g/mol. The van der Waals surface area contributed by atoms with Crippen molar-refractivity contribution in [3.63, 3.8) is 0 Å². The first-order chi connectivity index (χ1) is 14.1. The summed E-state index contributed by atoms with van der Waals surface area (Å²) in [6.45, 7) is 4.00. The van der Waals surface area contributed by atoms with Crippen LogP contribution < -0.4 is 10.6 Å². The molecule has 0 fully saturated rings. The van der Waals surface area contributed by atoms with Crippen LogP contribution in [0, 0.1) is 0 Å². The molecule has 7 nitrogen and oxygen atoms in total. The van der Waals surface area contributed by atoms with Crippen LogP contribution in [0.25, 0.3) is 0 Å². The van der Waals surface area contributed by atoms with Gasteiger partial charge in [0.25, 0.3) is 5.91 Å². The zero-order valence-corrected chi connectivity index (χ0v) is 16.3. The Labute approximate surface area is 169 Å². The molecule has 1 heterocycles. The standard InChI is InChI=1S/C22H22N4O3/c1-3-29-22(28)17-9-11-18(12-10-17)26-20-13-19(23-14-24-20)21(27)25-15(2)16-7-5-4-6-8-16/h4-15H,3H2,1-2H3,(H,25,27)(H,23,24,26). The van der Waals surface area contributed by atoms with Gasteiger partial charge in [0, 0.05) is 11.8 Å². The average Bonchev–Trinajstić information content (AvgIpc) is 2.75. The van der Waals surface area contributed by atoms with Crippen molar-refractivity contribution in [3.05, 3.63) is 83.8 Å². The Morgan fingerprint density at radius 1 is 1.03 bits per heavy atom. The number of carbonyl (C=O) groups is 2. The zero-order valence-electron chi connectivity index (χ0n) is 16.3. The number of nitrogens with one attached hydrogen (secondary N) is 2. The van der Waals surface area contributed by atoms with E-state index in [2.05, 4.69) is 20.6 Å². The van der Waals surface area contributed by atoms with Crippen molar-refractivity contribution in [2.24, 2.45) is 0 Å². The maximum atomic E-state index is 12.5. The van der Waals surface area contributed by atoms with Crippen LogP contribution in [0.15, 0.2) is 67.0 Å². The summed E-state index contributed by atoms with van der Waals surface area (Å²) in [4.78, 5) is 32.5. The van der Waals surface area contributed by atoms with Crippen LogP contribution >= 0.6 is 0 Å². The number of anilines is 2. The molecular formula is C22H22N4O3. The molecule has 1 amide bonds. The highest BCUT2D eigenvalue weighted by Gasteiger charge is 2.13. The molecule has 0 saturated carbocycles. The lowest BCUT2D eigenvalue weighted by atomic mass is 10.1. The third-order valence-corrected chi connectivity index (χ3v) is 4.22. The van der Waals surface area contributed by atoms with Crippen molar-refractivity contribution in [3.8, 4) is 0 Å². The summed E-state index contributed by atoms with van der Waals surface area (Å²) in [5, 5.41) is 6.03. The van der Waals surface area contributed by atoms with Gasteiger partial charge in [-0.1, -0.05) is 30.3 Å². The highest BCUT2D eigenvalue weighted by molar-refractivity contribution is 5.93. The number of nitrogens with zero attached hydrogens (tertiary/aromatic N) is 2. The van der Waals surface area contributed by atoms with Crippen LogP contribution in [0.2, 0.25) is 0 Å². The van der Waals surface area contributed by atoms with E-state index in [4.69, 9.17) is 4.74 Å². The smallest absolute Gasteiger partial charge is 0.338 e. The summed E-state index contributed by atoms with van der Waals surface area (Å²) in [7, 11) is 0. The van der Waals surface area contributed by atoms with Crippen molar-refractivity contribution < 1.29 is 14.3 Å². The fourth-order valence-corrected chi connectivity index (χ4v) is 2.70. The normalized spacial score (nSPS) is 11.4. The Balaban J connectivity index is 1.66. The predicted molar refractivity (Wildman–Crippen MR) is 110 cm³/mol. The minimum absolute atomic E-state index is 0.148. The summed E-state index contributed by atoms with van der Waals surface area (Å²) in [6.07, 6.45) is 1.33. The molecule has 0 aliphatic rings. The molecule has 0 saturated heterocycles. The topological polar surface area (TPSA) is 93.2 Å². The second-order valence-corrected chi connectivity index (χ2v) is 6.32. The van der Waals surface area contributed by atoms with Gasteiger partial charge in [0.05, 0.1) is 18.2 Å². The molecule has 3 rings (SSSR count). The first-order valence-electron chi connectivity index (χ1n) is 9.29. The van der Waals surface area contributed by atoms with Crippen molar-refractivity contribution in [1.29, 1.82) is 0 Å². The number of ether oxygens (including phenoxy) is 1. The lowest BCUT2D eigenvalue weighted by Gasteiger charge is -2.14. The van der Waals surface area contributed by atoms with E-state index in [1.807, 2.05) is 37.3 Å². The molecule has 1 atom stereocenters. The number of benzene rings is 2. The molecule has 3 aromatic rings. The maximum absolute atomic E-state index is 12.5. The van der Waals surface area contributed by atoms with Crippen LogP contribution in [0.3, 0.4) is 0 Å². The fourth-order valence-electron chi connectivity index (χ4n) is 2.70. The third-order valence-electron chi connectivity index (χ3n) is 4.22. The molecule has 148 valence electrons. The first-order valence-corrected chi connectivity index (χ1v) is 9.29. The Morgan fingerprint density at radius 3 is 2.45 bits per heavy atom. The quantitative estimate of drug-likeness (QED) is 0.595. The minimum atomic E-state index is -0.368. The molecule has 0 spiro atoms. The summed E-state index contributed by atoms with van der Waals surface area (Å²) in [6, 6.07) is 17.9. The summed E-state index contributed by atoms with van der Waals surface area (Å²) >= 11 is 0. The van der Waals surface area contributed by atoms with Gasteiger partial charge >= 0.3 is 5.97 Å². The van der Waals surface area contributed by atoms with Crippen molar-refractivity contribution in [2.75, 3.05) is 11.9 Å². The molecule has 0 bridgehead atoms. The van der Waals surface area contributed by atoms with Gasteiger partial charge in [0.15, 0.2) is 0 Å². The van der Waals surface area contributed by atoms with E-state index in [1.54, 1.807) is 37.3 Å². The summed E-state index contributed by atoms with van der Waals surface area (Å²) < 4.78 is 4.97. The SMILES string of the molecule is CCOC(=O)c1ccc(Nc2cc(C(=O)NC(C)c3ccccc3)ncn2)cc1. The van der Waals surface area contributed by atoms with E-state index in [1.165, 1.54) is 6.33 Å². The Kier molecular flexibility index (Phi) is 6.52. The molecular weight excluding hydrogens is 368 g/mol. The molecule has 2 N–H and O–H groups in total. The number of esters is 1. The number of aromatic nitrogens is 2. The first kappa shape index (κ1) is 20.0. The van der Waals surface area contributed by atoms with Gasteiger partial charge in [-0.2, -0.15) is 0 Å². The minimum Gasteiger partial charge on any atom is -0.462 e. The zero-order chi connectivity index (χ0) is 20.6. The number of amides is 1. The van der Waals surface area contributed by atoms with Gasteiger partial charge in [-0.05, 0) is 43.7 Å². The van der Waals surface area contributed by atoms with Crippen molar-refractivity contribution in [2.45, 2.75) is 19.9 Å². The Hall–Kier alpha value is -3.74. The predicted octanol–water partition coefficient (Wildman–Crippen LogP) is 3.89. The van der Waals surface area contributed by atoms with E-state index in [-0.39, 0.29) is 23.6 Å². The summed E-state index contributed by atoms with van der Waals surface area (Å²) in [5.74, 6) is -0.182. The fraction of sp³-hybridized carbons (Fsp3) is 0.182. The van der Waals surface area contributed by atoms with Gasteiger partial charge in [-0.25, -0.2) is 14.8 Å². The molecule has 2 aromatic carbocycles. The van der Waals surface area contributed by atoms with Crippen LogP contribution in [0.5, 0.6) is 0 Å².